The van der Waals surface area contributed by atoms with Crippen LogP contribution < -0.4 is 0 Å². The zero-order valence-corrected chi connectivity index (χ0v) is 18.0. The molecule has 1 aromatic heterocycles. The zero-order valence-electron chi connectivity index (χ0n) is 15.7. The van der Waals surface area contributed by atoms with E-state index in [2.05, 4.69) is 9.97 Å². The second-order valence-electron chi connectivity index (χ2n) is 7.26. The topological polar surface area (TPSA) is 55.3 Å². The quantitative estimate of drug-likeness (QED) is 0.471. The largest absolute Gasteiger partial charge is 0.444 e. The van der Waals surface area contributed by atoms with Gasteiger partial charge in [0.2, 0.25) is 0 Å². The Hall–Kier alpha value is -1.50. The Bertz CT molecular complexity index is 884. The van der Waals surface area contributed by atoms with Crippen LogP contribution in [0.3, 0.4) is 0 Å². The third-order valence-corrected chi connectivity index (χ3v) is 5.16. The number of amides is 1. The van der Waals surface area contributed by atoms with Crippen LogP contribution in [0.15, 0.2) is 23.4 Å². The number of thioether (sulfide) groups is 1. The highest BCUT2D eigenvalue weighted by Gasteiger charge is 2.29. The van der Waals surface area contributed by atoms with Crippen molar-refractivity contribution in [2.45, 2.75) is 44.5 Å². The zero-order chi connectivity index (χ0) is 19.8. The number of aromatic nitrogens is 2. The molecule has 0 unspecified atom stereocenters. The third-order valence-electron chi connectivity index (χ3n) is 4.06. The van der Waals surface area contributed by atoms with Gasteiger partial charge in [0.1, 0.15) is 5.60 Å². The molecule has 0 spiro atoms. The molecule has 3 rings (SSSR count). The van der Waals surface area contributed by atoms with Gasteiger partial charge in [-0.15, -0.1) is 0 Å². The first-order chi connectivity index (χ1) is 12.7. The first-order valence-electron chi connectivity index (χ1n) is 8.55. The van der Waals surface area contributed by atoms with Crippen LogP contribution in [0.4, 0.5) is 4.79 Å². The molecule has 27 heavy (non-hydrogen) atoms. The lowest BCUT2D eigenvalue weighted by atomic mass is 9.99. The highest BCUT2D eigenvalue weighted by Crippen LogP contribution is 2.35. The number of carbonyl (C=O) groups is 1. The number of nitrogens with zero attached hydrogens (tertiary/aromatic N) is 3. The summed E-state index contributed by atoms with van der Waals surface area (Å²) in [5.74, 6) is 0. The molecule has 2 aromatic rings. The van der Waals surface area contributed by atoms with Crippen LogP contribution >= 0.6 is 35.0 Å². The fraction of sp³-hybridized carbons (Fsp3) is 0.421. The van der Waals surface area contributed by atoms with E-state index in [-0.39, 0.29) is 6.09 Å². The summed E-state index contributed by atoms with van der Waals surface area (Å²) >= 11 is 14.0. The molecule has 1 aromatic carbocycles. The normalized spacial score (nSPS) is 14.1. The number of hydrogen-bond donors (Lipinski definition) is 0. The first-order valence-corrected chi connectivity index (χ1v) is 10.5. The second-order valence-corrected chi connectivity index (χ2v) is 8.88. The summed E-state index contributed by atoms with van der Waals surface area (Å²) < 4.78 is 5.52. The molecule has 0 N–H and O–H groups in total. The van der Waals surface area contributed by atoms with Gasteiger partial charge in [-0.3, -0.25) is 0 Å². The van der Waals surface area contributed by atoms with Crippen molar-refractivity contribution in [3.05, 3.63) is 39.5 Å². The predicted molar refractivity (Wildman–Crippen MR) is 110 cm³/mol. The van der Waals surface area contributed by atoms with Crippen molar-refractivity contribution >= 4 is 41.1 Å². The summed E-state index contributed by atoms with van der Waals surface area (Å²) in [7, 11) is 0. The minimum absolute atomic E-state index is 0.338. The number of rotatable bonds is 2. The molecule has 0 aliphatic carbocycles. The monoisotopic (exact) mass is 425 g/mol. The lowest BCUT2D eigenvalue weighted by Crippen LogP contribution is -2.40. The van der Waals surface area contributed by atoms with E-state index in [1.807, 2.05) is 33.1 Å². The minimum Gasteiger partial charge on any atom is -0.444 e. The van der Waals surface area contributed by atoms with Crippen LogP contribution in [0, 0.1) is 0 Å². The molecule has 1 aliphatic rings. The van der Waals surface area contributed by atoms with Gasteiger partial charge in [-0.2, -0.15) is 0 Å². The number of hydrogen-bond acceptors (Lipinski definition) is 5. The van der Waals surface area contributed by atoms with Gasteiger partial charge in [0, 0.05) is 29.1 Å². The summed E-state index contributed by atoms with van der Waals surface area (Å²) in [5.41, 5.74) is 2.81. The number of fused-ring (bicyclic) bond motifs is 1. The Morgan fingerprint density at radius 2 is 2.00 bits per heavy atom. The average Bonchev–Trinajstić information content (AvgIpc) is 2.59. The van der Waals surface area contributed by atoms with Gasteiger partial charge < -0.3 is 9.64 Å². The molecule has 2 heterocycles. The van der Waals surface area contributed by atoms with Gasteiger partial charge in [0.05, 0.1) is 23.0 Å². The Morgan fingerprint density at radius 1 is 1.26 bits per heavy atom. The molecule has 1 amide bonds. The molecule has 144 valence electrons. The molecule has 0 bridgehead atoms. The van der Waals surface area contributed by atoms with Crippen molar-refractivity contribution in [2.75, 3.05) is 12.8 Å². The fourth-order valence-corrected chi connectivity index (χ4v) is 3.75. The highest BCUT2D eigenvalue weighted by atomic mass is 35.5. The van der Waals surface area contributed by atoms with Crippen molar-refractivity contribution in [1.82, 2.24) is 14.9 Å². The molecule has 8 heteroatoms. The average molecular weight is 426 g/mol. The van der Waals surface area contributed by atoms with Gasteiger partial charge in [0.25, 0.3) is 0 Å². The van der Waals surface area contributed by atoms with E-state index >= 15 is 0 Å². The van der Waals surface area contributed by atoms with Crippen molar-refractivity contribution < 1.29 is 9.53 Å². The minimum atomic E-state index is -0.543. The summed E-state index contributed by atoms with van der Waals surface area (Å²) in [4.78, 5) is 23.5. The van der Waals surface area contributed by atoms with Crippen LogP contribution in [0.2, 0.25) is 10.0 Å². The second kappa shape index (κ2) is 7.86. The Morgan fingerprint density at radius 3 is 2.63 bits per heavy atom. The molecule has 0 fully saturated rings. The van der Waals surface area contributed by atoms with E-state index in [0.29, 0.717) is 34.7 Å². The maximum Gasteiger partial charge on any atom is 0.410 e. The van der Waals surface area contributed by atoms with Crippen molar-refractivity contribution in [3.8, 4) is 11.3 Å². The Kier molecular flexibility index (Phi) is 5.89. The Balaban J connectivity index is 2.02. The van der Waals surface area contributed by atoms with Gasteiger partial charge in [0.15, 0.2) is 5.16 Å². The SMILES string of the molecule is CSc1nc2c(c(-c3ccc(Cl)cc3Cl)n1)CN(C(=O)OC(C)(C)C)CC2. The molecule has 0 saturated heterocycles. The summed E-state index contributed by atoms with van der Waals surface area (Å²) in [6.45, 7) is 6.51. The summed E-state index contributed by atoms with van der Waals surface area (Å²) in [6.07, 6.45) is 2.24. The number of benzene rings is 1. The maximum atomic E-state index is 12.5. The van der Waals surface area contributed by atoms with Crippen molar-refractivity contribution in [3.63, 3.8) is 0 Å². The van der Waals surface area contributed by atoms with E-state index < -0.39 is 5.60 Å². The molecule has 1 aliphatic heterocycles. The molecule has 0 atom stereocenters. The summed E-state index contributed by atoms with van der Waals surface area (Å²) in [5, 5.41) is 1.76. The van der Waals surface area contributed by atoms with Gasteiger partial charge in [-0.25, -0.2) is 14.8 Å². The molecule has 0 saturated carbocycles. The number of carbonyl (C=O) groups excluding carboxylic acids is 1. The van der Waals surface area contributed by atoms with E-state index in [1.54, 1.807) is 17.0 Å². The van der Waals surface area contributed by atoms with E-state index in [0.717, 1.165) is 22.5 Å². The number of ether oxygens (including phenoxy) is 1. The molecular weight excluding hydrogens is 405 g/mol. The summed E-state index contributed by atoms with van der Waals surface area (Å²) in [6, 6.07) is 5.33. The lowest BCUT2D eigenvalue weighted by molar-refractivity contribution is 0.0222. The van der Waals surface area contributed by atoms with Gasteiger partial charge in [-0.05, 0) is 45.2 Å². The van der Waals surface area contributed by atoms with Crippen LogP contribution in [0.1, 0.15) is 32.0 Å². The van der Waals surface area contributed by atoms with Crippen LogP contribution in [-0.2, 0) is 17.7 Å². The van der Waals surface area contributed by atoms with E-state index in [4.69, 9.17) is 27.9 Å². The smallest absolute Gasteiger partial charge is 0.410 e. The van der Waals surface area contributed by atoms with E-state index in [9.17, 15) is 4.79 Å². The fourth-order valence-electron chi connectivity index (χ4n) is 2.87. The number of halogens is 2. The molecule has 5 nitrogen and oxygen atoms in total. The van der Waals surface area contributed by atoms with Crippen LogP contribution in [0.25, 0.3) is 11.3 Å². The van der Waals surface area contributed by atoms with Gasteiger partial charge in [-0.1, -0.05) is 35.0 Å². The van der Waals surface area contributed by atoms with E-state index in [1.165, 1.54) is 11.8 Å². The lowest BCUT2D eigenvalue weighted by Gasteiger charge is -2.31. The van der Waals surface area contributed by atoms with Crippen LogP contribution in [-0.4, -0.2) is 39.4 Å². The standard InChI is InChI=1S/C19H21Cl2N3O2S/c1-19(2,3)26-18(25)24-8-7-15-13(10-24)16(23-17(22-15)27-4)12-6-5-11(20)9-14(12)21/h5-6,9H,7-8,10H2,1-4H3. The molecular formula is C19H21Cl2N3O2S. The highest BCUT2D eigenvalue weighted by molar-refractivity contribution is 7.98. The first kappa shape index (κ1) is 20.2. The van der Waals surface area contributed by atoms with Crippen molar-refractivity contribution in [2.24, 2.45) is 0 Å². The van der Waals surface area contributed by atoms with Gasteiger partial charge >= 0.3 is 6.09 Å². The third kappa shape index (κ3) is 4.68. The maximum absolute atomic E-state index is 12.5. The van der Waals surface area contributed by atoms with Crippen LogP contribution in [0.5, 0.6) is 0 Å². The Labute approximate surface area is 173 Å². The molecule has 0 radical (unpaired) electrons. The van der Waals surface area contributed by atoms with Crippen molar-refractivity contribution in [1.29, 1.82) is 0 Å². The predicted octanol–water partition coefficient (Wildman–Crippen LogP) is 5.47.